The van der Waals surface area contributed by atoms with Gasteiger partial charge in [-0.25, -0.2) is 13.1 Å². The van der Waals surface area contributed by atoms with Crippen molar-refractivity contribution in [3.8, 4) is 5.75 Å². The van der Waals surface area contributed by atoms with Crippen molar-refractivity contribution in [3.63, 3.8) is 0 Å². The number of carbonyl (C=O) groups excluding carboxylic acids is 1. The van der Waals surface area contributed by atoms with E-state index < -0.39 is 15.9 Å². The van der Waals surface area contributed by atoms with Gasteiger partial charge in [0.05, 0.1) is 28.8 Å². The number of anilines is 2. The van der Waals surface area contributed by atoms with Crippen LogP contribution in [0.25, 0.3) is 10.8 Å². The van der Waals surface area contributed by atoms with Crippen molar-refractivity contribution in [1.29, 1.82) is 0 Å². The number of amides is 1. The third-order valence-corrected chi connectivity index (χ3v) is 7.41. The summed E-state index contributed by atoms with van der Waals surface area (Å²) < 4.78 is 34.6. The van der Waals surface area contributed by atoms with Crippen LogP contribution in [0.1, 0.15) is 17.4 Å². The van der Waals surface area contributed by atoms with Gasteiger partial charge in [-0.15, -0.1) is 0 Å². The van der Waals surface area contributed by atoms with E-state index in [9.17, 15) is 18.0 Å². The number of methoxy groups -OCH3 is 1. The molecule has 1 amide bonds. The van der Waals surface area contributed by atoms with Crippen molar-refractivity contribution in [2.75, 3.05) is 23.3 Å². The molecule has 10 heteroatoms. The Balaban J connectivity index is 1.76. The Labute approximate surface area is 202 Å². The molecule has 3 aromatic carbocycles. The fourth-order valence-electron chi connectivity index (χ4n) is 3.81. The number of nitrogens with one attached hydrogen (secondary N) is 1. The lowest BCUT2D eigenvalue weighted by atomic mass is 10.1. The van der Waals surface area contributed by atoms with E-state index in [1.165, 1.54) is 36.7 Å². The van der Waals surface area contributed by atoms with Gasteiger partial charge in [0.25, 0.3) is 21.5 Å². The summed E-state index contributed by atoms with van der Waals surface area (Å²) in [6, 6.07) is 19.7. The molecule has 9 nitrogen and oxygen atoms in total. The highest BCUT2D eigenvalue weighted by molar-refractivity contribution is 7.92. The second-order valence-corrected chi connectivity index (χ2v) is 9.51. The van der Waals surface area contributed by atoms with E-state index in [1.54, 1.807) is 55.5 Å². The number of aryl methyl sites for hydroxylation is 1. The lowest BCUT2D eigenvalue weighted by molar-refractivity contribution is 0.102. The average Bonchev–Trinajstić information content (AvgIpc) is 2.87. The molecule has 4 aromatic rings. The van der Waals surface area contributed by atoms with E-state index in [0.717, 1.165) is 4.68 Å². The van der Waals surface area contributed by atoms with E-state index in [2.05, 4.69) is 10.4 Å². The third kappa shape index (κ3) is 4.47. The van der Waals surface area contributed by atoms with Crippen LogP contribution in [0.3, 0.4) is 0 Å². The highest BCUT2D eigenvalue weighted by Crippen LogP contribution is 2.31. The number of rotatable bonds is 7. The highest BCUT2D eigenvalue weighted by Gasteiger charge is 2.25. The number of nitrogens with zero attached hydrogens (tertiary/aromatic N) is 3. The van der Waals surface area contributed by atoms with Gasteiger partial charge in [-0.1, -0.05) is 36.4 Å². The van der Waals surface area contributed by atoms with Crippen LogP contribution in [0.15, 0.2) is 82.5 Å². The Kier molecular flexibility index (Phi) is 6.57. The first-order chi connectivity index (χ1) is 16.8. The van der Waals surface area contributed by atoms with Gasteiger partial charge in [-0.05, 0) is 43.3 Å². The first-order valence-electron chi connectivity index (χ1n) is 10.8. The number of para-hydroxylation sites is 1. The quantitative estimate of drug-likeness (QED) is 0.423. The molecule has 4 rings (SSSR count). The van der Waals surface area contributed by atoms with Gasteiger partial charge in [0.2, 0.25) is 0 Å². The molecule has 0 aliphatic rings. The zero-order valence-electron chi connectivity index (χ0n) is 19.4. The van der Waals surface area contributed by atoms with Crippen LogP contribution in [0.4, 0.5) is 11.4 Å². The van der Waals surface area contributed by atoms with Crippen LogP contribution in [-0.2, 0) is 17.1 Å². The van der Waals surface area contributed by atoms with E-state index in [-0.39, 0.29) is 34.1 Å². The Bertz CT molecular complexity index is 1570. The molecule has 0 atom stereocenters. The molecule has 0 saturated carbocycles. The minimum atomic E-state index is -3.93. The smallest absolute Gasteiger partial charge is 0.276 e. The number of ether oxygens (including phenoxy) is 1. The van der Waals surface area contributed by atoms with Crippen molar-refractivity contribution >= 4 is 38.1 Å². The van der Waals surface area contributed by atoms with Gasteiger partial charge in [0, 0.05) is 19.0 Å². The lowest BCUT2D eigenvalue weighted by Gasteiger charge is -2.23. The molecule has 0 bridgehead atoms. The molecule has 0 saturated heterocycles. The zero-order chi connectivity index (χ0) is 25.2. The minimum Gasteiger partial charge on any atom is -0.495 e. The Morgan fingerprint density at radius 2 is 1.69 bits per heavy atom. The number of carbonyl (C=O) groups is 1. The summed E-state index contributed by atoms with van der Waals surface area (Å²) in [4.78, 5) is 25.6. The van der Waals surface area contributed by atoms with Crippen molar-refractivity contribution in [1.82, 2.24) is 9.78 Å². The van der Waals surface area contributed by atoms with Crippen molar-refractivity contribution in [2.24, 2.45) is 7.05 Å². The van der Waals surface area contributed by atoms with Gasteiger partial charge in [0.15, 0.2) is 5.69 Å². The molecule has 0 aliphatic heterocycles. The molecule has 0 fully saturated rings. The summed E-state index contributed by atoms with van der Waals surface area (Å²) >= 11 is 0. The van der Waals surface area contributed by atoms with Gasteiger partial charge in [-0.3, -0.25) is 13.9 Å². The van der Waals surface area contributed by atoms with Crippen LogP contribution in [-0.4, -0.2) is 37.8 Å². The molecular weight excluding hydrogens is 468 g/mol. The average molecular weight is 493 g/mol. The number of hydrogen-bond acceptors (Lipinski definition) is 6. The molecule has 1 heterocycles. The fraction of sp³-hybridized carbons (Fsp3) is 0.160. The molecule has 1 N–H and O–H groups in total. The SMILES string of the molecule is CCN(c1ccccc1)S(=O)(=O)c1ccc(OC)c(NC(=O)c2nn(C)c(=O)c3ccccc23)c1. The maximum atomic E-state index is 13.5. The van der Waals surface area contributed by atoms with Crippen LogP contribution < -0.4 is 19.9 Å². The molecular formula is C25H24N4O5S. The maximum absolute atomic E-state index is 13.5. The molecule has 0 aliphatic carbocycles. The fourth-order valence-corrected chi connectivity index (χ4v) is 5.31. The van der Waals surface area contributed by atoms with Gasteiger partial charge in [-0.2, -0.15) is 5.10 Å². The normalized spacial score (nSPS) is 11.3. The number of hydrogen-bond donors (Lipinski definition) is 1. The molecule has 1 aromatic heterocycles. The molecule has 0 radical (unpaired) electrons. The van der Waals surface area contributed by atoms with Crippen molar-refractivity contribution in [2.45, 2.75) is 11.8 Å². The van der Waals surface area contributed by atoms with Crippen LogP contribution in [0.2, 0.25) is 0 Å². The molecule has 0 unspecified atom stereocenters. The predicted octanol–water partition coefficient (Wildman–Crippen LogP) is 3.41. The monoisotopic (exact) mass is 492 g/mol. The molecule has 0 spiro atoms. The first kappa shape index (κ1) is 24.0. The number of fused-ring (bicyclic) bond motifs is 1. The maximum Gasteiger partial charge on any atom is 0.276 e. The molecule has 180 valence electrons. The summed E-state index contributed by atoms with van der Waals surface area (Å²) in [6.07, 6.45) is 0. The van der Waals surface area contributed by atoms with E-state index in [0.29, 0.717) is 16.5 Å². The summed E-state index contributed by atoms with van der Waals surface area (Å²) in [5, 5.41) is 7.56. The third-order valence-electron chi connectivity index (χ3n) is 5.51. The van der Waals surface area contributed by atoms with Crippen molar-refractivity contribution < 1.29 is 17.9 Å². The standard InChI is InChI=1S/C25H24N4O5S/c1-4-29(17-10-6-5-7-11-17)35(32,33)18-14-15-22(34-3)21(16-18)26-24(30)23-19-12-8-9-13-20(19)25(31)28(2)27-23/h5-16H,4H2,1-3H3,(H,26,30). The van der Waals surface area contributed by atoms with E-state index >= 15 is 0 Å². The van der Waals surface area contributed by atoms with Gasteiger partial charge < -0.3 is 10.1 Å². The van der Waals surface area contributed by atoms with Crippen LogP contribution in [0.5, 0.6) is 5.75 Å². The lowest BCUT2D eigenvalue weighted by Crippen LogP contribution is -2.30. The number of sulfonamides is 1. The Morgan fingerprint density at radius 1 is 1.03 bits per heavy atom. The highest BCUT2D eigenvalue weighted by atomic mass is 32.2. The molecule has 35 heavy (non-hydrogen) atoms. The number of benzene rings is 3. The zero-order valence-corrected chi connectivity index (χ0v) is 20.2. The summed E-state index contributed by atoms with van der Waals surface area (Å²) in [6.45, 7) is 1.96. The van der Waals surface area contributed by atoms with Crippen LogP contribution in [0, 0.1) is 0 Å². The van der Waals surface area contributed by atoms with Gasteiger partial charge in [0.1, 0.15) is 5.75 Å². The summed E-state index contributed by atoms with van der Waals surface area (Å²) in [5.41, 5.74) is 0.376. The first-order valence-corrected chi connectivity index (χ1v) is 12.2. The topological polar surface area (TPSA) is 111 Å². The Hall–Kier alpha value is -4.18. The largest absolute Gasteiger partial charge is 0.495 e. The Morgan fingerprint density at radius 3 is 2.34 bits per heavy atom. The second kappa shape index (κ2) is 9.59. The van der Waals surface area contributed by atoms with Gasteiger partial charge >= 0.3 is 0 Å². The summed E-state index contributed by atoms with van der Waals surface area (Å²) in [5.74, 6) is -0.339. The second-order valence-electron chi connectivity index (χ2n) is 7.64. The predicted molar refractivity (Wildman–Crippen MR) is 135 cm³/mol. The van der Waals surface area contributed by atoms with E-state index in [4.69, 9.17) is 4.74 Å². The summed E-state index contributed by atoms with van der Waals surface area (Å²) in [7, 11) is -1.06. The van der Waals surface area contributed by atoms with E-state index in [1.807, 2.05) is 6.07 Å². The number of aromatic nitrogens is 2. The van der Waals surface area contributed by atoms with Crippen molar-refractivity contribution in [3.05, 3.63) is 88.8 Å². The minimum absolute atomic E-state index is 0.0161. The van der Waals surface area contributed by atoms with Crippen LogP contribution >= 0.6 is 0 Å².